The minimum atomic E-state index is -4.11. The summed E-state index contributed by atoms with van der Waals surface area (Å²) in [7, 11) is -2.66. The number of nitrogens with one attached hydrogen (secondary N) is 1. The number of sulfonamides is 1. The van der Waals surface area contributed by atoms with E-state index in [1.165, 1.54) is 38.3 Å². The fraction of sp³-hybridized carbons (Fsp3) is 0.471. The number of carbonyl (C=O) groups is 3. The van der Waals surface area contributed by atoms with Gasteiger partial charge in [0.05, 0.1) is 12.0 Å². The standard InChI is InChI=1S/C17H21NO6S/c1-12(19)9-11-17(10-3-4-15(17)20)16(21)18-25(22,23)14-7-5-13(24-2)6-8-14/h5-8H,3-4,9-11H2,1-2H3,(H,18,21)/t17-/m1/s1. The number of rotatable bonds is 7. The number of hydrogen-bond acceptors (Lipinski definition) is 6. The Bertz CT molecular complexity index is 784. The van der Waals surface area contributed by atoms with Crippen molar-refractivity contribution in [2.24, 2.45) is 5.41 Å². The third-order valence-corrected chi connectivity index (χ3v) is 5.82. The van der Waals surface area contributed by atoms with Crippen molar-refractivity contribution in [3.05, 3.63) is 24.3 Å². The number of benzene rings is 1. The Kier molecular flexibility index (Phi) is 5.62. The van der Waals surface area contributed by atoms with E-state index >= 15 is 0 Å². The third-order valence-electron chi connectivity index (χ3n) is 4.48. The summed E-state index contributed by atoms with van der Waals surface area (Å²) in [5.41, 5.74) is -1.44. The molecule has 0 aromatic heterocycles. The number of methoxy groups -OCH3 is 1. The SMILES string of the molecule is COc1ccc(S(=O)(=O)NC(=O)[C@@]2(CCC(C)=O)CCCC2=O)cc1. The Morgan fingerprint density at radius 3 is 2.36 bits per heavy atom. The van der Waals surface area contributed by atoms with Crippen LogP contribution in [-0.2, 0) is 24.4 Å². The van der Waals surface area contributed by atoms with E-state index in [9.17, 15) is 22.8 Å². The quantitative estimate of drug-likeness (QED) is 0.734. The smallest absolute Gasteiger partial charge is 0.264 e. The first-order valence-corrected chi connectivity index (χ1v) is 9.44. The molecule has 1 aromatic carbocycles. The zero-order chi connectivity index (χ0) is 18.7. The maximum atomic E-state index is 12.7. The number of hydrogen-bond donors (Lipinski definition) is 1. The monoisotopic (exact) mass is 367 g/mol. The van der Waals surface area contributed by atoms with Crippen LogP contribution in [0.1, 0.15) is 39.0 Å². The highest BCUT2D eigenvalue weighted by Crippen LogP contribution is 2.39. The average Bonchev–Trinajstić information content (AvgIpc) is 2.94. The van der Waals surface area contributed by atoms with Crippen LogP contribution in [0.2, 0.25) is 0 Å². The van der Waals surface area contributed by atoms with Crippen LogP contribution >= 0.6 is 0 Å². The Morgan fingerprint density at radius 1 is 1.24 bits per heavy atom. The van der Waals surface area contributed by atoms with Crippen LogP contribution in [-0.4, -0.2) is 33.0 Å². The summed E-state index contributed by atoms with van der Waals surface area (Å²) in [4.78, 5) is 36.1. The molecule has 0 radical (unpaired) electrons. The molecular weight excluding hydrogens is 346 g/mol. The van der Waals surface area contributed by atoms with E-state index in [2.05, 4.69) is 0 Å². The Balaban J connectivity index is 2.24. The van der Waals surface area contributed by atoms with Gasteiger partial charge in [-0.2, -0.15) is 0 Å². The van der Waals surface area contributed by atoms with Crippen LogP contribution in [0.3, 0.4) is 0 Å². The normalized spacial score (nSPS) is 20.3. The lowest BCUT2D eigenvalue weighted by atomic mass is 9.79. The molecule has 1 saturated carbocycles. The van der Waals surface area contributed by atoms with Crippen LogP contribution in [0.5, 0.6) is 5.75 Å². The fourth-order valence-electron chi connectivity index (χ4n) is 2.97. The van der Waals surface area contributed by atoms with Gasteiger partial charge < -0.3 is 9.53 Å². The molecule has 1 aliphatic carbocycles. The van der Waals surface area contributed by atoms with E-state index < -0.39 is 21.3 Å². The van der Waals surface area contributed by atoms with Gasteiger partial charge in [-0.3, -0.25) is 9.59 Å². The Labute approximate surface area is 146 Å². The molecule has 0 aliphatic heterocycles. The lowest BCUT2D eigenvalue weighted by Gasteiger charge is -2.25. The van der Waals surface area contributed by atoms with E-state index in [0.717, 1.165) is 0 Å². The van der Waals surface area contributed by atoms with E-state index in [1.807, 2.05) is 4.72 Å². The topological polar surface area (TPSA) is 107 Å². The first-order chi connectivity index (χ1) is 11.7. The highest BCUT2D eigenvalue weighted by atomic mass is 32.2. The van der Waals surface area contributed by atoms with E-state index in [-0.39, 0.29) is 42.1 Å². The second-order valence-corrected chi connectivity index (χ2v) is 7.85. The van der Waals surface area contributed by atoms with Gasteiger partial charge in [-0.05, 0) is 50.5 Å². The maximum Gasteiger partial charge on any atom is 0.264 e. The van der Waals surface area contributed by atoms with Crippen LogP contribution in [0, 0.1) is 5.41 Å². The van der Waals surface area contributed by atoms with Crippen LogP contribution in [0.25, 0.3) is 0 Å². The van der Waals surface area contributed by atoms with Crippen LogP contribution in [0.4, 0.5) is 0 Å². The molecule has 25 heavy (non-hydrogen) atoms. The van der Waals surface area contributed by atoms with Crippen molar-refractivity contribution in [3.8, 4) is 5.75 Å². The molecule has 0 bridgehead atoms. The highest BCUT2D eigenvalue weighted by Gasteiger charge is 2.49. The molecule has 1 amide bonds. The molecule has 1 aliphatic rings. The Morgan fingerprint density at radius 2 is 1.88 bits per heavy atom. The predicted octanol–water partition coefficient (Wildman–Crippen LogP) is 1.61. The summed E-state index contributed by atoms with van der Waals surface area (Å²) >= 11 is 0. The average molecular weight is 367 g/mol. The van der Waals surface area contributed by atoms with E-state index in [4.69, 9.17) is 4.74 Å². The van der Waals surface area contributed by atoms with Crippen molar-refractivity contribution in [1.29, 1.82) is 0 Å². The number of Topliss-reactive ketones (excluding diaryl/α,β-unsaturated/α-hetero) is 2. The molecule has 0 saturated heterocycles. The number of carbonyl (C=O) groups excluding carboxylic acids is 3. The minimum Gasteiger partial charge on any atom is -0.497 e. The summed E-state index contributed by atoms with van der Waals surface area (Å²) in [6.45, 7) is 1.37. The van der Waals surface area contributed by atoms with Gasteiger partial charge in [0.1, 0.15) is 22.7 Å². The first-order valence-electron chi connectivity index (χ1n) is 7.95. The van der Waals surface area contributed by atoms with E-state index in [1.54, 1.807) is 0 Å². The molecular formula is C17H21NO6S. The van der Waals surface area contributed by atoms with Crippen molar-refractivity contribution >= 4 is 27.5 Å². The molecule has 0 heterocycles. The van der Waals surface area contributed by atoms with Gasteiger partial charge in [0, 0.05) is 12.8 Å². The lowest BCUT2D eigenvalue weighted by molar-refractivity contribution is -0.139. The minimum absolute atomic E-state index is 0.0329. The van der Waals surface area contributed by atoms with Gasteiger partial charge in [0.25, 0.3) is 10.0 Å². The highest BCUT2D eigenvalue weighted by molar-refractivity contribution is 7.90. The molecule has 8 heteroatoms. The molecule has 0 spiro atoms. The van der Waals surface area contributed by atoms with Crippen LogP contribution in [0.15, 0.2) is 29.2 Å². The largest absolute Gasteiger partial charge is 0.497 e. The van der Waals surface area contributed by atoms with Gasteiger partial charge in [0.15, 0.2) is 0 Å². The second kappa shape index (κ2) is 7.35. The fourth-order valence-corrected chi connectivity index (χ4v) is 4.02. The summed E-state index contributed by atoms with van der Waals surface area (Å²) < 4.78 is 31.8. The van der Waals surface area contributed by atoms with Gasteiger partial charge in [0.2, 0.25) is 5.91 Å². The van der Waals surface area contributed by atoms with Gasteiger partial charge in [-0.1, -0.05) is 0 Å². The molecule has 1 N–H and O–H groups in total. The molecule has 1 atom stereocenters. The molecule has 1 aromatic rings. The predicted molar refractivity (Wildman–Crippen MR) is 89.5 cm³/mol. The molecule has 0 unspecified atom stereocenters. The van der Waals surface area contributed by atoms with Crippen molar-refractivity contribution < 1.29 is 27.5 Å². The van der Waals surface area contributed by atoms with Crippen molar-refractivity contribution in [1.82, 2.24) is 4.72 Å². The van der Waals surface area contributed by atoms with Crippen molar-refractivity contribution in [3.63, 3.8) is 0 Å². The Hall–Kier alpha value is -2.22. The lowest BCUT2D eigenvalue weighted by Crippen LogP contribution is -2.46. The molecule has 1 fully saturated rings. The van der Waals surface area contributed by atoms with Crippen molar-refractivity contribution in [2.45, 2.75) is 43.9 Å². The number of ether oxygens (including phenoxy) is 1. The van der Waals surface area contributed by atoms with Gasteiger partial charge in [-0.25, -0.2) is 13.1 Å². The molecule has 7 nitrogen and oxygen atoms in total. The van der Waals surface area contributed by atoms with Crippen LogP contribution < -0.4 is 9.46 Å². The summed E-state index contributed by atoms with van der Waals surface area (Å²) in [5, 5.41) is 0. The van der Waals surface area contributed by atoms with E-state index in [0.29, 0.717) is 12.2 Å². The number of amides is 1. The van der Waals surface area contributed by atoms with Crippen molar-refractivity contribution in [2.75, 3.05) is 7.11 Å². The summed E-state index contributed by atoms with van der Waals surface area (Å²) in [6.07, 6.45) is 1.07. The maximum absolute atomic E-state index is 12.7. The third kappa shape index (κ3) is 4.07. The first kappa shape index (κ1) is 19.1. The molecule has 136 valence electrons. The second-order valence-electron chi connectivity index (χ2n) is 6.17. The zero-order valence-corrected chi connectivity index (χ0v) is 15.0. The van der Waals surface area contributed by atoms with Gasteiger partial charge in [-0.15, -0.1) is 0 Å². The zero-order valence-electron chi connectivity index (χ0n) is 14.2. The van der Waals surface area contributed by atoms with Gasteiger partial charge >= 0.3 is 0 Å². The summed E-state index contributed by atoms with van der Waals surface area (Å²) in [6, 6.07) is 5.55. The number of ketones is 2. The molecule has 2 rings (SSSR count). The summed E-state index contributed by atoms with van der Waals surface area (Å²) in [5.74, 6) is -0.831.